The number of benzene rings is 8. The maximum Gasteiger partial charge on any atom is 0.313 e. The predicted molar refractivity (Wildman–Crippen MR) is 257 cm³/mol. The minimum absolute atomic E-state index is 0.0120. The lowest BCUT2D eigenvalue weighted by molar-refractivity contribution is 0.485. The van der Waals surface area contributed by atoms with Gasteiger partial charge < -0.3 is 23.7 Å². The van der Waals surface area contributed by atoms with Crippen LogP contribution in [0.15, 0.2) is 199 Å². The standard InChI is InChI=1S/C54H32B2N2O3S/c1-5-17-33(18-6-1)47-50-53(61-51(47)34-19-7-2-8-20-34)56-49-42(58(50)36-23-11-4-12-24-36)28-16-30-44(49)60-52-37-31-45-39(32-46(37)62-54(52)56)55-38-25-13-14-26-40(38)57(35-21-9-3-10-22-35)41-27-15-29-43(59-45)48(41)55/h1-32H. The molecule has 0 bridgehead atoms. The quantitative estimate of drug-likeness (QED) is 0.166. The Morgan fingerprint density at radius 3 is 1.76 bits per heavy atom. The summed E-state index contributed by atoms with van der Waals surface area (Å²) in [6, 6.07) is 68.8. The first-order valence-corrected chi connectivity index (χ1v) is 21.9. The molecule has 0 N–H and O–H groups in total. The van der Waals surface area contributed by atoms with Gasteiger partial charge in [0.2, 0.25) is 0 Å². The second-order valence-corrected chi connectivity index (χ2v) is 17.4. The van der Waals surface area contributed by atoms with E-state index in [0.717, 1.165) is 105 Å². The van der Waals surface area contributed by atoms with E-state index >= 15 is 0 Å². The van der Waals surface area contributed by atoms with Crippen molar-refractivity contribution < 1.29 is 13.9 Å². The molecule has 4 aliphatic rings. The van der Waals surface area contributed by atoms with Crippen LogP contribution in [0.4, 0.5) is 34.1 Å². The lowest BCUT2D eigenvalue weighted by atomic mass is 9.34. The van der Waals surface area contributed by atoms with E-state index in [9.17, 15) is 0 Å². The summed E-state index contributed by atoms with van der Waals surface area (Å²) in [7, 11) is 0. The summed E-state index contributed by atoms with van der Waals surface area (Å²) in [6.07, 6.45) is 0. The van der Waals surface area contributed by atoms with Gasteiger partial charge in [0, 0.05) is 54.3 Å². The van der Waals surface area contributed by atoms with Crippen LogP contribution in [-0.2, 0) is 0 Å². The number of anilines is 6. The Bertz CT molecular complexity index is 3450. The van der Waals surface area contributed by atoms with Gasteiger partial charge in [-0.15, -0.1) is 11.3 Å². The number of hydrogen-bond donors (Lipinski definition) is 0. The van der Waals surface area contributed by atoms with E-state index in [1.807, 2.05) is 0 Å². The molecule has 10 aromatic rings. The lowest BCUT2D eigenvalue weighted by Crippen LogP contribution is -2.59. The molecule has 14 rings (SSSR count). The van der Waals surface area contributed by atoms with Crippen molar-refractivity contribution in [3.8, 4) is 45.4 Å². The van der Waals surface area contributed by atoms with Gasteiger partial charge >= 0.3 is 6.71 Å². The van der Waals surface area contributed by atoms with Gasteiger partial charge in [-0.2, -0.15) is 0 Å². The molecular weight excluding hydrogens is 778 g/mol. The number of fused-ring (bicyclic) bond motifs is 10. The van der Waals surface area contributed by atoms with Crippen molar-refractivity contribution in [1.29, 1.82) is 0 Å². The first kappa shape index (κ1) is 34.1. The van der Waals surface area contributed by atoms with Gasteiger partial charge in [0.25, 0.3) is 6.71 Å². The summed E-state index contributed by atoms with van der Waals surface area (Å²) in [6.45, 7) is -0.226. The monoisotopic (exact) mass is 810 g/mol. The fourth-order valence-corrected chi connectivity index (χ4v) is 11.7. The molecular formula is C54H32B2N2O3S. The minimum atomic E-state index is -0.214. The molecule has 0 fully saturated rings. The lowest BCUT2D eigenvalue weighted by Gasteiger charge is -2.39. The van der Waals surface area contributed by atoms with Crippen LogP contribution in [0.2, 0.25) is 0 Å². The zero-order valence-electron chi connectivity index (χ0n) is 33.2. The van der Waals surface area contributed by atoms with E-state index in [1.54, 1.807) is 11.3 Å². The van der Waals surface area contributed by atoms with E-state index in [2.05, 4.69) is 204 Å². The summed E-state index contributed by atoms with van der Waals surface area (Å²) < 4.78 is 23.8. The number of hydrogen-bond acceptors (Lipinski definition) is 6. The Morgan fingerprint density at radius 2 is 1.03 bits per heavy atom. The van der Waals surface area contributed by atoms with Gasteiger partial charge in [0.15, 0.2) is 0 Å². The average molecular weight is 811 g/mol. The molecule has 0 saturated heterocycles. The Kier molecular flexibility index (Phi) is 7.10. The Hall–Kier alpha value is -7.67. The molecule has 0 spiro atoms. The molecule has 0 atom stereocenters. The Labute approximate surface area is 362 Å². The van der Waals surface area contributed by atoms with Crippen LogP contribution in [0.25, 0.3) is 32.5 Å². The highest BCUT2D eigenvalue weighted by Crippen LogP contribution is 2.51. The van der Waals surface area contributed by atoms with Crippen molar-refractivity contribution >= 4 is 101 Å². The zero-order chi connectivity index (χ0) is 40.5. The highest BCUT2D eigenvalue weighted by atomic mass is 32.1. The van der Waals surface area contributed by atoms with Gasteiger partial charge in [0.1, 0.15) is 34.4 Å². The molecule has 8 heteroatoms. The molecule has 0 amide bonds. The first-order chi connectivity index (χ1) is 30.8. The van der Waals surface area contributed by atoms with Crippen molar-refractivity contribution in [2.24, 2.45) is 0 Å². The SMILES string of the molecule is c1ccc(-c2oc3c(c2-c2ccccc2)N(c2ccccc2)c2cccc4c2B3c2sc3cc5c(cc3c2O4)Oc2cccc3c2B5c2ccccc2N3c2ccccc2)cc1. The van der Waals surface area contributed by atoms with Crippen molar-refractivity contribution in [2.45, 2.75) is 0 Å². The molecule has 4 aliphatic heterocycles. The molecule has 0 aliphatic carbocycles. The Balaban J connectivity index is 1.01. The van der Waals surface area contributed by atoms with Gasteiger partial charge in [-0.1, -0.05) is 127 Å². The molecule has 0 saturated carbocycles. The molecule has 0 unspecified atom stereocenters. The topological polar surface area (TPSA) is 38.1 Å². The van der Waals surface area contributed by atoms with E-state index in [0.29, 0.717) is 0 Å². The highest BCUT2D eigenvalue weighted by molar-refractivity contribution is 7.33. The van der Waals surface area contributed by atoms with Gasteiger partial charge in [-0.25, -0.2) is 0 Å². The molecule has 2 aromatic heterocycles. The molecule has 8 aromatic carbocycles. The van der Waals surface area contributed by atoms with Gasteiger partial charge in [0.05, 0.1) is 11.3 Å². The third-order valence-electron chi connectivity index (χ3n) is 13.0. The number of furan rings is 1. The van der Waals surface area contributed by atoms with Gasteiger partial charge in [-0.05, 0) is 88.7 Å². The first-order valence-electron chi connectivity index (χ1n) is 21.1. The van der Waals surface area contributed by atoms with E-state index < -0.39 is 0 Å². The number of rotatable bonds is 4. The highest BCUT2D eigenvalue weighted by Gasteiger charge is 2.49. The third kappa shape index (κ3) is 4.70. The third-order valence-corrected chi connectivity index (χ3v) is 14.2. The molecule has 288 valence electrons. The van der Waals surface area contributed by atoms with Crippen molar-refractivity contribution in [1.82, 2.24) is 0 Å². The predicted octanol–water partition coefficient (Wildman–Crippen LogP) is 10.6. The van der Waals surface area contributed by atoms with Crippen molar-refractivity contribution in [3.05, 3.63) is 194 Å². The summed E-state index contributed by atoms with van der Waals surface area (Å²) in [5.41, 5.74) is 15.4. The van der Waals surface area contributed by atoms with Crippen molar-refractivity contribution in [3.63, 3.8) is 0 Å². The number of para-hydroxylation sites is 3. The zero-order valence-corrected chi connectivity index (χ0v) is 34.0. The van der Waals surface area contributed by atoms with Crippen LogP contribution in [0, 0.1) is 0 Å². The van der Waals surface area contributed by atoms with Crippen LogP contribution in [0.3, 0.4) is 0 Å². The number of thiophene rings is 1. The van der Waals surface area contributed by atoms with E-state index in [1.165, 1.54) is 16.6 Å². The maximum absolute atomic E-state index is 7.39. The Morgan fingerprint density at radius 1 is 0.452 bits per heavy atom. The van der Waals surface area contributed by atoms with Crippen LogP contribution in [-0.4, -0.2) is 13.4 Å². The molecule has 0 radical (unpaired) electrons. The van der Waals surface area contributed by atoms with Crippen LogP contribution in [0.1, 0.15) is 0 Å². The van der Waals surface area contributed by atoms with E-state index in [4.69, 9.17) is 13.9 Å². The smallest absolute Gasteiger partial charge is 0.313 e. The molecule has 5 nitrogen and oxygen atoms in total. The van der Waals surface area contributed by atoms with Crippen molar-refractivity contribution in [2.75, 3.05) is 9.80 Å². The molecule has 6 heterocycles. The summed E-state index contributed by atoms with van der Waals surface area (Å²) >= 11 is 1.80. The fourth-order valence-electron chi connectivity index (χ4n) is 10.5. The van der Waals surface area contributed by atoms with E-state index in [-0.39, 0.29) is 13.4 Å². The average Bonchev–Trinajstić information content (AvgIpc) is 3.90. The second-order valence-electron chi connectivity index (χ2n) is 16.3. The van der Waals surface area contributed by atoms with Gasteiger partial charge in [-0.3, -0.25) is 0 Å². The maximum atomic E-state index is 7.39. The minimum Gasteiger partial charge on any atom is -0.467 e. The summed E-state index contributed by atoms with van der Waals surface area (Å²) in [5, 5.41) is 1.04. The largest absolute Gasteiger partial charge is 0.467 e. The number of ether oxygens (including phenoxy) is 2. The van der Waals surface area contributed by atoms with Crippen LogP contribution >= 0.6 is 11.3 Å². The normalized spacial score (nSPS) is 13.6. The summed E-state index contributed by atoms with van der Waals surface area (Å²) in [4.78, 5) is 4.76. The summed E-state index contributed by atoms with van der Waals surface area (Å²) in [5.74, 6) is 4.28. The fraction of sp³-hybridized carbons (Fsp3) is 0. The number of nitrogens with zero attached hydrogens (tertiary/aromatic N) is 2. The van der Waals surface area contributed by atoms with Crippen LogP contribution in [0.5, 0.6) is 23.0 Å². The second kappa shape index (κ2) is 12.9. The molecule has 62 heavy (non-hydrogen) atoms. The van der Waals surface area contributed by atoms with Crippen LogP contribution < -0.4 is 51.6 Å².